The van der Waals surface area contributed by atoms with Gasteiger partial charge in [-0.15, -0.1) is 6.58 Å². The molecule has 1 aliphatic rings. The van der Waals surface area contributed by atoms with E-state index in [1.165, 1.54) is 28.6 Å². The molecule has 2 aromatic rings. The van der Waals surface area contributed by atoms with Crippen LogP contribution in [0.25, 0.3) is 0 Å². The van der Waals surface area contributed by atoms with Gasteiger partial charge in [0.05, 0.1) is 16.3 Å². The van der Waals surface area contributed by atoms with Crippen molar-refractivity contribution >= 4 is 31.4 Å². The topological polar surface area (TPSA) is 83.6 Å². The van der Waals surface area contributed by atoms with Gasteiger partial charge < -0.3 is 0 Å². The average molecular weight is 410 g/mol. The van der Waals surface area contributed by atoms with Crippen molar-refractivity contribution in [1.29, 1.82) is 0 Å². The summed E-state index contributed by atoms with van der Waals surface area (Å²) >= 11 is 0. The fourth-order valence-corrected chi connectivity index (χ4v) is 5.41. The maximum Gasteiger partial charge on any atom is 0.264 e. The Morgan fingerprint density at radius 3 is 2.48 bits per heavy atom. The van der Waals surface area contributed by atoms with Crippen molar-refractivity contribution in [2.75, 3.05) is 21.3 Å². The second kappa shape index (κ2) is 7.32. The van der Waals surface area contributed by atoms with Crippen molar-refractivity contribution in [3.05, 3.63) is 66.5 Å². The molecule has 0 saturated carbocycles. The van der Waals surface area contributed by atoms with Crippen molar-refractivity contribution in [3.8, 4) is 0 Å². The number of hydrogen-bond donors (Lipinski definition) is 1. The van der Waals surface area contributed by atoms with Crippen LogP contribution in [0.4, 0.5) is 15.8 Å². The van der Waals surface area contributed by atoms with Crippen molar-refractivity contribution in [1.82, 2.24) is 0 Å². The van der Waals surface area contributed by atoms with Gasteiger partial charge in [0.1, 0.15) is 5.82 Å². The second-order valence-electron chi connectivity index (χ2n) is 6.15. The predicted molar refractivity (Wildman–Crippen MR) is 103 cm³/mol. The number of benzene rings is 2. The van der Waals surface area contributed by atoms with Crippen LogP contribution < -0.4 is 9.03 Å². The molecule has 0 aliphatic carbocycles. The van der Waals surface area contributed by atoms with E-state index in [2.05, 4.69) is 11.3 Å². The minimum Gasteiger partial charge on any atom is -0.283 e. The van der Waals surface area contributed by atoms with Gasteiger partial charge in [0.25, 0.3) is 10.0 Å². The molecule has 0 atom stereocenters. The molecule has 0 aromatic heterocycles. The summed E-state index contributed by atoms with van der Waals surface area (Å²) in [6, 6.07) is 9.43. The van der Waals surface area contributed by atoms with Crippen LogP contribution in [0.3, 0.4) is 0 Å². The fourth-order valence-electron chi connectivity index (χ4n) is 2.99. The summed E-state index contributed by atoms with van der Waals surface area (Å²) < 4.78 is 66.5. The molecule has 3 rings (SSSR count). The van der Waals surface area contributed by atoms with E-state index in [0.29, 0.717) is 30.8 Å². The van der Waals surface area contributed by atoms with E-state index in [9.17, 15) is 21.2 Å². The molecule has 1 heterocycles. The third-order valence-corrected chi connectivity index (χ3v) is 7.22. The van der Waals surface area contributed by atoms with Gasteiger partial charge in [-0.25, -0.2) is 21.2 Å². The fraction of sp³-hybridized carbons (Fsp3) is 0.222. The van der Waals surface area contributed by atoms with E-state index in [1.807, 2.05) is 0 Å². The number of anilines is 2. The van der Waals surface area contributed by atoms with Crippen molar-refractivity contribution in [2.24, 2.45) is 0 Å². The first-order valence-corrected chi connectivity index (χ1v) is 11.3. The van der Waals surface area contributed by atoms with Crippen LogP contribution in [-0.4, -0.2) is 29.1 Å². The van der Waals surface area contributed by atoms with Gasteiger partial charge in [0.15, 0.2) is 0 Å². The lowest BCUT2D eigenvalue weighted by molar-refractivity contribution is 0.585. The first-order valence-electron chi connectivity index (χ1n) is 8.25. The number of sulfonamides is 2. The van der Waals surface area contributed by atoms with Gasteiger partial charge in [-0.3, -0.25) is 9.03 Å². The maximum atomic E-state index is 13.1. The van der Waals surface area contributed by atoms with E-state index in [-0.39, 0.29) is 10.6 Å². The Hall–Kier alpha value is -2.39. The number of nitrogens with zero attached hydrogens (tertiary/aromatic N) is 1. The largest absolute Gasteiger partial charge is 0.283 e. The molecule has 0 amide bonds. The van der Waals surface area contributed by atoms with Gasteiger partial charge >= 0.3 is 0 Å². The van der Waals surface area contributed by atoms with Crippen LogP contribution in [0.1, 0.15) is 12.0 Å². The monoisotopic (exact) mass is 410 g/mol. The molecule has 1 aliphatic heterocycles. The van der Waals surface area contributed by atoms with Crippen molar-refractivity contribution < 1.29 is 21.2 Å². The van der Waals surface area contributed by atoms with Crippen LogP contribution in [0, 0.1) is 5.82 Å². The molecule has 27 heavy (non-hydrogen) atoms. The van der Waals surface area contributed by atoms with Crippen LogP contribution in [0.2, 0.25) is 0 Å². The molecule has 0 spiro atoms. The Morgan fingerprint density at radius 2 is 1.81 bits per heavy atom. The van der Waals surface area contributed by atoms with E-state index in [0.717, 1.165) is 17.7 Å². The second-order valence-corrected chi connectivity index (χ2v) is 9.78. The molecular weight excluding hydrogens is 391 g/mol. The molecule has 1 N–H and O–H groups in total. The number of nitrogens with one attached hydrogen (secondary N) is 1. The van der Waals surface area contributed by atoms with Crippen LogP contribution in [-0.2, 0) is 26.5 Å². The summed E-state index contributed by atoms with van der Waals surface area (Å²) in [5.41, 5.74) is 1.60. The minimum atomic E-state index is -3.83. The van der Waals surface area contributed by atoms with Gasteiger partial charge in [-0.2, -0.15) is 0 Å². The number of hydrogen-bond acceptors (Lipinski definition) is 4. The number of fused-ring (bicyclic) bond motifs is 1. The summed E-state index contributed by atoms with van der Waals surface area (Å²) in [7, 11) is -7.37. The summed E-state index contributed by atoms with van der Waals surface area (Å²) in [6.45, 7) is 3.71. The number of halogens is 1. The highest BCUT2D eigenvalue weighted by molar-refractivity contribution is 7.93. The highest BCUT2D eigenvalue weighted by Gasteiger charge is 2.29. The Bertz CT molecular complexity index is 1070. The molecule has 9 heteroatoms. The van der Waals surface area contributed by atoms with Crippen molar-refractivity contribution in [3.63, 3.8) is 0 Å². The number of rotatable bonds is 6. The highest BCUT2D eigenvalue weighted by Crippen LogP contribution is 2.34. The first kappa shape index (κ1) is 19.4. The SMILES string of the molecule is C=CCS(=O)(=O)Nc1ccc2c(c1)CCCN2S(=O)(=O)c1ccc(F)cc1. The summed E-state index contributed by atoms with van der Waals surface area (Å²) in [6.07, 6.45) is 2.51. The van der Waals surface area contributed by atoms with Crippen LogP contribution >= 0.6 is 0 Å². The molecule has 0 unspecified atom stereocenters. The molecule has 0 radical (unpaired) electrons. The van der Waals surface area contributed by atoms with Crippen molar-refractivity contribution in [2.45, 2.75) is 17.7 Å². The average Bonchev–Trinajstić information content (AvgIpc) is 2.61. The van der Waals surface area contributed by atoms with Gasteiger partial charge in [0, 0.05) is 12.2 Å². The van der Waals surface area contributed by atoms with E-state index in [4.69, 9.17) is 0 Å². The van der Waals surface area contributed by atoms with E-state index < -0.39 is 25.9 Å². The smallest absolute Gasteiger partial charge is 0.264 e. The Labute approximate surface area is 158 Å². The lowest BCUT2D eigenvalue weighted by Crippen LogP contribution is -2.35. The van der Waals surface area contributed by atoms with Gasteiger partial charge in [0.2, 0.25) is 10.0 Å². The van der Waals surface area contributed by atoms with Crippen LogP contribution in [0.5, 0.6) is 0 Å². The minimum absolute atomic E-state index is 0.00696. The zero-order valence-corrected chi connectivity index (χ0v) is 16.1. The zero-order valence-electron chi connectivity index (χ0n) is 14.4. The highest BCUT2D eigenvalue weighted by atomic mass is 32.2. The molecule has 0 saturated heterocycles. The van der Waals surface area contributed by atoms with Gasteiger partial charge in [-0.1, -0.05) is 6.08 Å². The molecule has 0 bridgehead atoms. The quantitative estimate of drug-likeness (QED) is 0.743. The summed E-state index contributed by atoms with van der Waals surface area (Å²) in [5, 5.41) is 0. The molecular formula is C18H19FN2O4S2. The lowest BCUT2D eigenvalue weighted by Gasteiger charge is -2.31. The maximum absolute atomic E-state index is 13.1. The zero-order chi connectivity index (χ0) is 19.7. The lowest BCUT2D eigenvalue weighted by atomic mass is 10.0. The Kier molecular flexibility index (Phi) is 5.25. The van der Waals surface area contributed by atoms with Gasteiger partial charge in [-0.05, 0) is 60.9 Å². The Morgan fingerprint density at radius 1 is 1.11 bits per heavy atom. The van der Waals surface area contributed by atoms with E-state index >= 15 is 0 Å². The third kappa shape index (κ3) is 4.14. The third-order valence-electron chi connectivity index (χ3n) is 4.17. The summed E-state index contributed by atoms with van der Waals surface area (Å²) in [5.74, 6) is -0.723. The van der Waals surface area contributed by atoms with Crippen LogP contribution in [0.15, 0.2) is 60.0 Å². The normalized spacial score (nSPS) is 14.5. The molecule has 6 nitrogen and oxygen atoms in total. The number of aryl methyl sites for hydroxylation is 1. The first-order chi connectivity index (χ1) is 12.7. The van der Waals surface area contributed by atoms with E-state index in [1.54, 1.807) is 12.1 Å². The molecule has 2 aromatic carbocycles. The summed E-state index contributed by atoms with van der Waals surface area (Å²) in [4.78, 5) is 0.00696. The Balaban J connectivity index is 1.95. The predicted octanol–water partition coefficient (Wildman–Crippen LogP) is 2.89. The molecule has 0 fully saturated rings. The molecule has 144 valence electrons. The standard InChI is InChI=1S/C18H19FN2O4S2/c1-2-12-26(22,23)20-16-7-10-18-14(13-16)4-3-11-21(18)27(24,25)17-8-5-15(19)6-9-17/h2,5-10,13,20H,1,3-4,11-12H2.